The van der Waals surface area contributed by atoms with Crippen LogP contribution in [0.1, 0.15) is 32.6 Å². The molecule has 0 aliphatic carbocycles. The van der Waals surface area contributed by atoms with Gasteiger partial charge in [-0.2, -0.15) is 0 Å². The highest BCUT2D eigenvalue weighted by Gasteiger charge is 2.15. The summed E-state index contributed by atoms with van der Waals surface area (Å²) in [5.74, 6) is 0.0386. The van der Waals surface area contributed by atoms with Gasteiger partial charge < -0.3 is 21.1 Å². The second-order valence-electron chi connectivity index (χ2n) is 7.53. The molecule has 2 aromatic rings. The summed E-state index contributed by atoms with van der Waals surface area (Å²) in [5.41, 5.74) is 8.65. The van der Waals surface area contributed by atoms with Crippen LogP contribution in [0.15, 0.2) is 54.6 Å². The highest BCUT2D eigenvalue weighted by Crippen LogP contribution is 2.22. The molecule has 0 heterocycles. The minimum Gasteiger partial charge on any atom is -0.465 e. The summed E-state index contributed by atoms with van der Waals surface area (Å²) in [7, 11) is 0. The molecule has 4 N–H and O–H groups in total. The Labute approximate surface area is 199 Å². The van der Waals surface area contributed by atoms with Gasteiger partial charge >= 0.3 is 5.97 Å². The van der Waals surface area contributed by atoms with Gasteiger partial charge in [-0.05, 0) is 43.0 Å². The lowest BCUT2D eigenvalue weighted by Crippen LogP contribution is -2.35. The van der Waals surface area contributed by atoms with E-state index < -0.39 is 12.0 Å². The van der Waals surface area contributed by atoms with E-state index in [9.17, 15) is 14.4 Å². The van der Waals surface area contributed by atoms with Crippen molar-refractivity contribution in [2.24, 2.45) is 5.73 Å². The minimum atomic E-state index is -0.713. The van der Waals surface area contributed by atoms with E-state index in [0.29, 0.717) is 25.3 Å². The molecule has 0 saturated heterocycles. The van der Waals surface area contributed by atoms with Gasteiger partial charge in [-0.1, -0.05) is 48.9 Å². The number of amides is 2. The minimum absolute atomic E-state index is 0.0152. The van der Waals surface area contributed by atoms with Gasteiger partial charge in [-0.25, -0.2) is 0 Å². The number of benzene rings is 2. The van der Waals surface area contributed by atoms with E-state index in [1.54, 1.807) is 6.92 Å². The molecule has 0 fully saturated rings. The first-order valence-electron chi connectivity index (χ1n) is 11.2. The van der Waals surface area contributed by atoms with Crippen LogP contribution in [0.25, 0.3) is 11.1 Å². The van der Waals surface area contributed by atoms with E-state index in [2.05, 4.69) is 10.6 Å². The van der Waals surface area contributed by atoms with Crippen molar-refractivity contribution in [3.05, 3.63) is 54.6 Å². The zero-order valence-corrected chi connectivity index (χ0v) is 19.9. The van der Waals surface area contributed by atoms with Crippen LogP contribution in [0.3, 0.4) is 0 Å². The first-order valence-corrected chi connectivity index (χ1v) is 12.4. The Morgan fingerprint density at radius 1 is 0.970 bits per heavy atom. The molecule has 2 aromatic carbocycles. The topological polar surface area (TPSA) is 111 Å². The molecule has 33 heavy (non-hydrogen) atoms. The van der Waals surface area contributed by atoms with Gasteiger partial charge in [0.25, 0.3) is 0 Å². The van der Waals surface area contributed by atoms with Crippen LogP contribution < -0.4 is 16.4 Å². The van der Waals surface area contributed by atoms with Gasteiger partial charge in [-0.3, -0.25) is 14.4 Å². The number of nitrogens with one attached hydrogen (secondary N) is 2. The Bertz CT molecular complexity index is 892. The molecule has 2 amide bonds. The molecule has 0 radical (unpaired) electrons. The van der Waals surface area contributed by atoms with Crippen molar-refractivity contribution in [1.29, 1.82) is 0 Å². The maximum absolute atomic E-state index is 12.2. The third-order valence-corrected chi connectivity index (χ3v) is 5.84. The molecule has 0 unspecified atom stereocenters. The molecule has 1 atom stereocenters. The van der Waals surface area contributed by atoms with Crippen molar-refractivity contribution in [3.8, 4) is 11.1 Å². The lowest BCUT2D eigenvalue weighted by molar-refractivity contribution is -0.144. The summed E-state index contributed by atoms with van der Waals surface area (Å²) in [5, 5.41) is 5.80. The summed E-state index contributed by atoms with van der Waals surface area (Å²) < 4.78 is 4.83. The molecule has 8 heteroatoms. The molecule has 0 aliphatic rings. The number of thioether (sulfide) groups is 1. The van der Waals surface area contributed by atoms with E-state index in [1.165, 1.54) is 11.8 Å². The van der Waals surface area contributed by atoms with E-state index in [1.807, 2.05) is 54.6 Å². The molecule has 0 aliphatic heterocycles. The predicted molar refractivity (Wildman–Crippen MR) is 134 cm³/mol. The number of anilines is 1. The fourth-order valence-electron chi connectivity index (χ4n) is 3.09. The van der Waals surface area contributed by atoms with Crippen LogP contribution in [0.2, 0.25) is 0 Å². The lowest BCUT2D eigenvalue weighted by Gasteiger charge is -2.10. The second kappa shape index (κ2) is 15.1. The van der Waals surface area contributed by atoms with E-state index in [0.717, 1.165) is 36.1 Å². The number of carbonyl (C=O) groups is 3. The number of carbonyl (C=O) groups excluding carboxylic acids is 3. The molecule has 178 valence electrons. The quantitative estimate of drug-likeness (QED) is 0.287. The largest absolute Gasteiger partial charge is 0.465 e. The Kier molecular flexibility index (Phi) is 12.1. The Hall–Kier alpha value is -2.84. The average Bonchev–Trinajstić information content (AvgIpc) is 2.82. The fraction of sp³-hybridized carbons (Fsp3) is 0.400. The number of esters is 1. The van der Waals surface area contributed by atoms with Crippen LogP contribution >= 0.6 is 11.8 Å². The van der Waals surface area contributed by atoms with E-state index in [4.69, 9.17) is 10.5 Å². The van der Waals surface area contributed by atoms with Gasteiger partial charge in [0.15, 0.2) is 0 Å². The molecule has 0 saturated carbocycles. The van der Waals surface area contributed by atoms with Crippen molar-refractivity contribution in [2.45, 2.75) is 38.6 Å². The van der Waals surface area contributed by atoms with Crippen LogP contribution in [0.5, 0.6) is 0 Å². The summed E-state index contributed by atoms with van der Waals surface area (Å²) in [6, 6.07) is 17.1. The van der Waals surface area contributed by atoms with Gasteiger partial charge in [-0.15, -0.1) is 11.8 Å². The van der Waals surface area contributed by atoms with Gasteiger partial charge in [0.1, 0.15) is 6.04 Å². The normalized spacial score (nSPS) is 11.5. The SMILES string of the molecule is CCOC(=O)[C@@H](N)CSCC(=O)NCCCCCC(=O)Nc1cccc(-c2ccccc2)c1. The third kappa shape index (κ3) is 10.5. The first-order chi connectivity index (χ1) is 16.0. The zero-order chi connectivity index (χ0) is 23.9. The van der Waals surface area contributed by atoms with Crippen molar-refractivity contribution in [3.63, 3.8) is 0 Å². The van der Waals surface area contributed by atoms with Gasteiger partial charge in [0.05, 0.1) is 12.4 Å². The summed E-state index contributed by atoms with van der Waals surface area (Å²) in [6.07, 6.45) is 2.84. The highest BCUT2D eigenvalue weighted by molar-refractivity contribution is 8.00. The molecule has 0 aromatic heterocycles. The lowest BCUT2D eigenvalue weighted by atomic mass is 10.1. The van der Waals surface area contributed by atoms with Crippen LogP contribution in [0, 0.1) is 0 Å². The monoisotopic (exact) mass is 471 g/mol. The number of ether oxygens (including phenoxy) is 1. The smallest absolute Gasteiger partial charge is 0.323 e. The van der Waals surface area contributed by atoms with E-state index >= 15 is 0 Å². The molecular formula is C25H33N3O4S. The Balaban J connectivity index is 1.55. The average molecular weight is 472 g/mol. The number of nitrogens with two attached hydrogens (primary N) is 1. The predicted octanol–water partition coefficient (Wildman–Crippen LogP) is 3.59. The first kappa shape index (κ1) is 26.4. The number of rotatable bonds is 14. The van der Waals surface area contributed by atoms with Crippen molar-refractivity contribution < 1.29 is 19.1 Å². The fourth-order valence-corrected chi connectivity index (χ4v) is 3.89. The van der Waals surface area contributed by atoms with Crippen molar-refractivity contribution >= 4 is 35.2 Å². The standard InChI is InChI=1S/C25H33N3O4S/c1-2-32-25(31)22(26)17-33-18-24(30)27-15-8-4-7-14-23(29)28-21-13-9-12-20(16-21)19-10-5-3-6-11-19/h3,5-6,9-13,16,22H,2,4,7-8,14-15,17-18,26H2,1H3,(H,27,30)(H,28,29)/t22-/m0/s1. The van der Waals surface area contributed by atoms with Crippen LogP contribution in [-0.4, -0.2) is 48.5 Å². The zero-order valence-electron chi connectivity index (χ0n) is 19.0. The van der Waals surface area contributed by atoms with Crippen LogP contribution in [0.4, 0.5) is 5.69 Å². The Morgan fingerprint density at radius 2 is 1.73 bits per heavy atom. The third-order valence-electron chi connectivity index (χ3n) is 4.78. The summed E-state index contributed by atoms with van der Waals surface area (Å²) >= 11 is 1.31. The molecule has 0 spiro atoms. The summed E-state index contributed by atoms with van der Waals surface area (Å²) in [6.45, 7) is 2.58. The number of hydrogen-bond donors (Lipinski definition) is 3. The van der Waals surface area contributed by atoms with Gasteiger partial charge in [0.2, 0.25) is 11.8 Å². The highest BCUT2D eigenvalue weighted by atomic mass is 32.2. The molecular weight excluding hydrogens is 438 g/mol. The van der Waals surface area contributed by atoms with Crippen molar-refractivity contribution in [2.75, 3.05) is 30.0 Å². The maximum atomic E-state index is 12.2. The Morgan fingerprint density at radius 3 is 2.48 bits per heavy atom. The van der Waals surface area contributed by atoms with E-state index in [-0.39, 0.29) is 17.6 Å². The number of unbranched alkanes of at least 4 members (excludes halogenated alkanes) is 2. The second-order valence-corrected chi connectivity index (χ2v) is 8.56. The maximum Gasteiger partial charge on any atom is 0.323 e. The molecule has 0 bridgehead atoms. The van der Waals surface area contributed by atoms with Gasteiger partial charge in [0, 0.05) is 24.4 Å². The van der Waals surface area contributed by atoms with Crippen molar-refractivity contribution in [1.82, 2.24) is 5.32 Å². The van der Waals surface area contributed by atoms with Crippen LogP contribution in [-0.2, 0) is 19.1 Å². The molecule has 2 rings (SSSR count). The molecule has 7 nitrogen and oxygen atoms in total. The number of hydrogen-bond acceptors (Lipinski definition) is 6. The summed E-state index contributed by atoms with van der Waals surface area (Å²) in [4.78, 5) is 35.5.